The highest BCUT2D eigenvalue weighted by atomic mass is 35.5. The van der Waals surface area contributed by atoms with Gasteiger partial charge in [0.1, 0.15) is 5.82 Å². The van der Waals surface area contributed by atoms with Crippen LogP contribution in [-0.4, -0.2) is 27.7 Å². The third-order valence-electron chi connectivity index (χ3n) is 3.58. The molecule has 1 atom stereocenters. The van der Waals surface area contributed by atoms with Gasteiger partial charge in [-0.25, -0.2) is 14.8 Å². The van der Waals surface area contributed by atoms with Crippen LogP contribution in [0.1, 0.15) is 36.3 Å². The molecule has 1 aromatic carbocycles. The monoisotopic (exact) mass is 332 g/mol. The number of nitrogens with zero attached hydrogens (tertiary/aromatic N) is 2. The summed E-state index contributed by atoms with van der Waals surface area (Å²) in [5.41, 5.74) is 1.21. The van der Waals surface area contributed by atoms with Gasteiger partial charge in [-0.15, -0.1) is 0 Å². The molecule has 1 aliphatic rings. The fourth-order valence-electron chi connectivity index (χ4n) is 2.12. The second kappa shape index (κ2) is 6.93. The van der Waals surface area contributed by atoms with Crippen LogP contribution in [0.15, 0.2) is 36.7 Å². The molecule has 1 aliphatic carbocycles. The molecule has 0 aliphatic heterocycles. The van der Waals surface area contributed by atoms with E-state index in [2.05, 4.69) is 20.6 Å². The standard InChI is InChI=1S/C16H17ClN4O2/c17-12-5-3-10(4-6-12)14(22)9-20-16(23)21-13-7-18-15(19-8-13)11-1-2-11/h3-8,11,14,22H,1-2,9H2,(H2,20,21,23). The molecule has 3 rings (SSSR count). The first-order valence-electron chi connectivity index (χ1n) is 7.42. The zero-order chi connectivity index (χ0) is 16.2. The summed E-state index contributed by atoms with van der Waals surface area (Å²) < 4.78 is 0. The smallest absolute Gasteiger partial charge is 0.319 e. The van der Waals surface area contributed by atoms with Gasteiger partial charge in [-0.1, -0.05) is 23.7 Å². The van der Waals surface area contributed by atoms with E-state index in [0.717, 1.165) is 18.7 Å². The number of hydrogen-bond acceptors (Lipinski definition) is 4. The van der Waals surface area contributed by atoms with Crippen molar-refractivity contribution >= 4 is 23.3 Å². The number of urea groups is 1. The molecule has 2 aromatic rings. The van der Waals surface area contributed by atoms with Crippen LogP contribution in [0.25, 0.3) is 0 Å². The minimum Gasteiger partial charge on any atom is -0.387 e. The highest BCUT2D eigenvalue weighted by molar-refractivity contribution is 6.30. The van der Waals surface area contributed by atoms with Gasteiger partial charge < -0.3 is 15.7 Å². The lowest BCUT2D eigenvalue weighted by molar-refractivity contribution is 0.175. The van der Waals surface area contributed by atoms with Gasteiger partial charge in [-0.05, 0) is 30.5 Å². The molecule has 1 fully saturated rings. The number of carbonyl (C=O) groups excluding carboxylic acids is 1. The second-order valence-electron chi connectivity index (χ2n) is 5.51. The van der Waals surface area contributed by atoms with Gasteiger partial charge in [0.2, 0.25) is 0 Å². The van der Waals surface area contributed by atoms with Crippen LogP contribution >= 0.6 is 11.6 Å². The zero-order valence-electron chi connectivity index (χ0n) is 12.4. The quantitative estimate of drug-likeness (QED) is 0.785. The van der Waals surface area contributed by atoms with E-state index >= 15 is 0 Å². The van der Waals surface area contributed by atoms with Crippen molar-refractivity contribution in [3.8, 4) is 0 Å². The fourth-order valence-corrected chi connectivity index (χ4v) is 2.25. The first-order chi connectivity index (χ1) is 11.1. The molecule has 0 bridgehead atoms. The van der Waals surface area contributed by atoms with Crippen LogP contribution in [0.3, 0.4) is 0 Å². The van der Waals surface area contributed by atoms with Crippen molar-refractivity contribution in [3.63, 3.8) is 0 Å². The largest absolute Gasteiger partial charge is 0.387 e. The molecule has 7 heteroatoms. The van der Waals surface area contributed by atoms with Crippen LogP contribution in [0.4, 0.5) is 10.5 Å². The van der Waals surface area contributed by atoms with Gasteiger partial charge in [0.25, 0.3) is 0 Å². The van der Waals surface area contributed by atoms with Crippen molar-refractivity contribution in [1.82, 2.24) is 15.3 Å². The fraction of sp³-hybridized carbons (Fsp3) is 0.312. The van der Waals surface area contributed by atoms with Gasteiger partial charge in [0.05, 0.1) is 24.2 Å². The molecule has 1 aromatic heterocycles. The Kier molecular flexibility index (Phi) is 4.73. The average molecular weight is 333 g/mol. The lowest BCUT2D eigenvalue weighted by Gasteiger charge is -2.13. The molecule has 120 valence electrons. The maximum absolute atomic E-state index is 11.8. The highest BCUT2D eigenvalue weighted by Crippen LogP contribution is 2.37. The van der Waals surface area contributed by atoms with E-state index in [-0.39, 0.29) is 6.54 Å². The van der Waals surface area contributed by atoms with Crippen molar-refractivity contribution in [3.05, 3.63) is 53.1 Å². The van der Waals surface area contributed by atoms with Crippen molar-refractivity contribution in [2.45, 2.75) is 24.9 Å². The van der Waals surface area contributed by atoms with E-state index in [1.807, 2.05) is 0 Å². The summed E-state index contributed by atoms with van der Waals surface area (Å²) in [6.45, 7) is 0.0917. The number of amides is 2. The number of aliphatic hydroxyl groups excluding tert-OH is 1. The van der Waals surface area contributed by atoms with Crippen LogP contribution in [-0.2, 0) is 0 Å². The summed E-state index contributed by atoms with van der Waals surface area (Å²) in [5, 5.41) is 15.9. The van der Waals surface area contributed by atoms with Gasteiger partial charge in [0, 0.05) is 17.5 Å². The molecular formula is C16H17ClN4O2. The molecule has 1 unspecified atom stereocenters. The Balaban J connectivity index is 1.47. The summed E-state index contributed by atoms with van der Waals surface area (Å²) in [6.07, 6.45) is 4.66. The van der Waals surface area contributed by atoms with E-state index in [4.69, 9.17) is 11.6 Å². The molecule has 0 radical (unpaired) electrons. The van der Waals surface area contributed by atoms with Crippen LogP contribution in [0.5, 0.6) is 0 Å². The Hall–Kier alpha value is -2.18. The molecule has 0 spiro atoms. The first kappa shape index (κ1) is 15.7. The number of nitrogens with one attached hydrogen (secondary N) is 2. The van der Waals surface area contributed by atoms with Gasteiger partial charge >= 0.3 is 6.03 Å². The van der Waals surface area contributed by atoms with E-state index < -0.39 is 12.1 Å². The minimum absolute atomic E-state index is 0.0917. The number of aromatic nitrogens is 2. The highest BCUT2D eigenvalue weighted by Gasteiger charge is 2.26. The number of carbonyl (C=O) groups is 1. The normalized spacial score (nSPS) is 15.0. The van der Waals surface area contributed by atoms with Crippen molar-refractivity contribution in [1.29, 1.82) is 0 Å². The summed E-state index contributed by atoms with van der Waals surface area (Å²) in [7, 11) is 0. The van der Waals surface area contributed by atoms with Crippen LogP contribution in [0, 0.1) is 0 Å². The number of anilines is 1. The maximum atomic E-state index is 11.8. The Morgan fingerprint density at radius 1 is 1.26 bits per heavy atom. The Labute approximate surface area is 138 Å². The molecular weight excluding hydrogens is 316 g/mol. The Morgan fingerprint density at radius 2 is 1.91 bits per heavy atom. The molecule has 1 heterocycles. The third-order valence-corrected chi connectivity index (χ3v) is 3.83. The van der Waals surface area contributed by atoms with Gasteiger partial charge in [-0.2, -0.15) is 0 Å². The number of benzene rings is 1. The molecule has 3 N–H and O–H groups in total. The van der Waals surface area contributed by atoms with Crippen LogP contribution < -0.4 is 10.6 Å². The molecule has 1 saturated carbocycles. The van der Waals surface area contributed by atoms with Crippen molar-refractivity contribution < 1.29 is 9.90 Å². The Bertz CT molecular complexity index is 671. The summed E-state index contributed by atoms with van der Waals surface area (Å²) in [5.74, 6) is 1.31. The molecule has 2 amide bonds. The summed E-state index contributed by atoms with van der Waals surface area (Å²) in [6, 6.07) is 6.41. The van der Waals surface area contributed by atoms with Gasteiger partial charge in [0.15, 0.2) is 0 Å². The predicted molar refractivity (Wildman–Crippen MR) is 87.4 cm³/mol. The molecule has 23 heavy (non-hydrogen) atoms. The number of halogens is 1. The predicted octanol–water partition coefficient (Wildman–Crippen LogP) is 2.86. The Morgan fingerprint density at radius 3 is 2.52 bits per heavy atom. The number of hydrogen-bond donors (Lipinski definition) is 3. The molecule has 0 saturated heterocycles. The lowest BCUT2D eigenvalue weighted by Crippen LogP contribution is -2.32. The minimum atomic E-state index is -0.800. The van der Waals surface area contributed by atoms with E-state index in [0.29, 0.717) is 22.2 Å². The summed E-state index contributed by atoms with van der Waals surface area (Å²) >= 11 is 5.80. The second-order valence-corrected chi connectivity index (χ2v) is 5.94. The molecule has 6 nitrogen and oxygen atoms in total. The first-order valence-corrected chi connectivity index (χ1v) is 7.80. The van der Waals surface area contributed by atoms with E-state index in [9.17, 15) is 9.90 Å². The SMILES string of the molecule is O=C(NCC(O)c1ccc(Cl)cc1)Nc1cnc(C2CC2)nc1. The average Bonchev–Trinajstić information content (AvgIpc) is 3.39. The third kappa shape index (κ3) is 4.40. The van der Waals surface area contributed by atoms with E-state index in [1.165, 1.54) is 0 Å². The zero-order valence-corrected chi connectivity index (χ0v) is 13.1. The van der Waals surface area contributed by atoms with E-state index in [1.54, 1.807) is 36.7 Å². The topological polar surface area (TPSA) is 87.1 Å². The lowest BCUT2D eigenvalue weighted by atomic mass is 10.1. The van der Waals surface area contributed by atoms with Crippen molar-refractivity contribution in [2.24, 2.45) is 0 Å². The van der Waals surface area contributed by atoms with Gasteiger partial charge in [-0.3, -0.25) is 0 Å². The van der Waals surface area contributed by atoms with Crippen molar-refractivity contribution in [2.75, 3.05) is 11.9 Å². The summed E-state index contributed by atoms with van der Waals surface area (Å²) in [4.78, 5) is 20.3. The van der Waals surface area contributed by atoms with Crippen LogP contribution in [0.2, 0.25) is 5.02 Å². The number of rotatable bonds is 5. The number of aliphatic hydroxyl groups is 1. The maximum Gasteiger partial charge on any atom is 0.319 e.